The highest BCUT2D eigenvalue weighted by Gasteiger charge is 2.39. The lowest BCUT2D eigenvalue weighted by atomic mass is 9.91. The molecule has 15 heavy (non-hydrogen) atoms. The van der Waals surface area contributed by atoms with Crippen molar-refractivity contribution in [2.45, 2.75) is 50.6 Å². The summed E-state index contributed by atoms with van der Waals surface area (Å²) in [7, 11) is 0. The average Bonchev–Trinajstić information content (AvgIpc) is 2.56. The van der Waals surface area contributed by atoms with Gasteiger partial charge in [0.25, 0.3) is 0 Å². The van der Waals surface area contributed by atoms with E-state index in [1.54, 1.807) is 0 Å². The number of fused-ring (bicyclic) bond motifs is 1. The molecule has 2 amide bonds. The minimum atomic E-state index is 0.168. The maximum Gasteiger partial charge on any atom is 0.318 e. The number of halogens is 1. The highest BCUT2D eigenvalue weighted by atomic mass is 79.9. The van der Waals surface area contributed by atoms with E-state index in [1.165, 1.54) is 25.7 Å². The van der Waals surface area contributed by atoms with Crippen LogP contribution in [0.15, 0.2) is 0 Å². The Morgan fingerprint density at radius 3 is 2.93 bits per heavy atom. The van der Waals surface area contributed by atoms with Crippen LogP contribution in [0.3, 0.4) is 0 Å². The summed E-state index contributed by atoms with van der Waals surface area (Å²) in [6.45, 7) is 0.929. The summed E-state index contributed by atoms with van der Waals surface area (Å²) >= 11 is 3.42. The van der Waals surface area contributed by atoms with Gasteiger partial charge in [0.15, 0.2) is 0 Å². The number of nitrogens with one attached hydrogen (secondary N) is 1. The van der Waals surface area contributed by atoms with Crippen LogP contribution in [-0.4, -0.2) is 34.9 Å². The quantitative estimate of drug-likeness (QED) is 0.620. The Kier molecular flexibility index (Phi) is 3.89. The van der Waals surface area contributed by atoms with Crippen molar-refractivity contribution in [2.75, 3.05) is 11.9 Å². The van der Waals surface area contributed by atoms with E-state index in [0.29, 0.717) is 12.1 Å². The third-order valence-electron chi connectivity index (χ3n) is 3.48. The zero-order valence-corrected chi connectivity index (χ0v) is 10.6. The third kappa shape index (κ3) is 2.47. The highest BCUT2D eigenvalue weighted by molar-refractivity contribution is 9.09. The number of hydrogen-bond donors (Lipinski definition) is 1. The van der Waals surface area contributed by atoms with Crippen LogP contribution in [0.5, 0.6) is 0 Å². The number of nitrogens with zero attached hydrogens (tertiary/aromatic N) is 1. The first-order valence-corrected chi connectivity index (χ1v) is 7.08. The Morgan fingerprint density at radius 2 is 2.13 bits per heavy atom. The van der Waals surface area contributed by atoms with Gasteiger partial charge in [0.05, 0.1) is 12.1 Å². The van der Waals surface area contributed by atoms with E-state index in [2.05, 4.69) is 26.1 Å². The molecular formula is C11H19BrN2O. The van der Waals surface area contributed by atoms with Gasteiger partial charge >= 0.3 is 6.03 Å². The summed E-state index contributed by atoms with van der Waals surface area (Å²) in [6.07, 6.45) is 7.19. The fourth-order valence-corrected chi connectivity index (χ4v) is 3.09. The lowest BCUT2D eigenvalue weighted by molar-refractivity contribution is 0.189. The van der Waals surface area contributed by atoms with Crippen molar-refractivity contribution in [1.29, 1.82) is 0 Å². The molecule has 1 saturated carbocycles. The van der Waals surface area contributed by atoms with Crippen LogP contribution >= 0.6 is 15.9 Å². The van der Waals surface area contributed by atoms with E-state index in [4.69, 9.17) is 0 Å². The Hall–Kier alpha value is -0.250. The van der Waals surface area contributed by atoms with Gasteiger partial charge in [-0.05, 0) is 25.7 Å². The molecule has 0 spiro atoms. The molecule has 1 N–H and O–H groups in total. The molecule has 0 bridgehead atoms. The van der Waals surface area contributed by atoms with Crippen molar-refractivity contribution in [1.82, 2.24) is 10.2 Å². The molecule has 0 aromatic rings. The van der Waals surface area contributed by atoms with Gasteiger partial charge < -0.3 is 10.2 Å². The fourth-order valence-electron chi connectivity index (χ4n) is 2.69. The molecule has 1 aliphatic heterocycles. The smallest absolute Gasteiger partial charge is 0.318 e. The van der Waals surface area contributed by atoms with Crippen LogP contribution in [0.4, 0.5) is 4.79 Å². The van der Waals surface area contributed by atoms with E-state index >= 15 is 0 Å². The summed E-state index contributed by atoms with van der Waals surface area (Å²) in [4.78, 5) is 13.8. The first-order chi connectivity index (χ1) is 7.33. The van der Waals surface area contributed by atoms with Crippen molar-refractivity contribution in [2.24, 2.45) is 0 Å². The van der Waals surface area contributed by atoms with Gasteiger partial charge in [-0.25, -0.2) is 4.79 Å². The molecule has 2 rings (SSSR count). The Balaban J connectivity index is 1.88. The van der Waals surface area contributed by atoms with Gasteiger partial charge in [0.1, 0.15) is 0 Å². The van der Waals surface area contributed by atoms with Gasteiger partial charge in [-0.15, -0.1) is 0 Å². The van der Waals surface area contributed by atoms with Crippen molar-refractivity contribution in [3.8, 4) is 0 Å². The summed E-state index contributed by atoms with van der Waals surface area (Å²) in [6, 6.07) is 1.10. The number of hydrogen-bond acceptors (Lipinski definition) is 1. The highest BCUT2D eigenvalue weighted by Crippen LogP contribution is 2.27. The Morgan fingerprint density at radius 1 is 1.33 bits per heavy atom. The molecule has 3 nitrogen and oxygen atoms in total. The molecule has 2 atom stereocenters. The molecule has 86 valence electrons. The van der Waals surface area contributed by atoms with E-state index in [1.807, 2.05) is 0 Å². The van der Waals surface area contributed by atoms with Crippen molar-refractivity contribution in [3.63, 3.8) is 0 Å². The second kappa shape index (κ2) is 5.19. The van der Waals surface area contributed by atoms with E-state index in [-0.39, 0.29) is 6.03 Å². The van der Waals surface area contributed by atoms with Crippen LogP contribution in [0.1, 0.15) is 38.5 Å². The maximum absolute atomic E-state index is 11.7. The maximum atomic E-state index is 11.7. The lowest BCUT2D eigenvalue weighted by Crippen LogP contribution is -2.39. The molecule has 0 aromatic carbocycles. The number of carbonyl (C=O) groups is 1. The molecule has 2 aliphatic rings. The minimum absolute atomic E-state index is 0.168. The summed E-state index contributed by atoms with van der Waals surface area (Å²) < 4.78 is 0. The summed E-state index contributed by atoms with van der Waals surface area (Å²) in [5.74, 6) is 0. The van der Waals surface area contributed by atoms with Crippen molar-refractivity contribution in [3.05, 3.63) is 0 Å². The summed E-state index contributed by atoms with van der Waals surface area (Å²) in [5.41, 5.74) is 0. The zero-order valence-electron chi connectivity index (χ0n) is 9.04. The number of carbonyl (C=O) groups excluding carboxylic acids is 1. The van der Waals surface area contributed by atoms with Crippen molar-refractivity contribution >= 4 is 22.0 Å². The number of rotatable bonds is 4. The second-order valence-electron chi connectivity index (χ2n) is 4.50. The average molecular weight is 275 g/mol. The monoisotopic (exact) mass is 274 g/mol. The Bertz CT molecular complexity index is 235. The normalized spacial score (nSPS) is 30.2. The molecular weight excluding hydrogens is 256 g/mol. The third-order valence-corrected chi connectivity index (χ3v) is 4.04. The van der Waals surface area contributed by atoms with Crippen LogP contribution in [0.2, 0.25) is 0 Å². The molecule has 4 heteroatoms. The SMILES string of the molecule is O=C1NC2CCCCC2N1CCCCBr. The van der Waals surface area contributed by atoms with Crippen LogP contribution in [-0.2, 0) is 0 Å². The molecule has 2 unspecified atom stereocenters. The standard InChI is InChI=1S/C11H19BrN2O/c12-7-3-4-8-14-10-6-2-1-5-9(10)13-11(14)15/h9-10H,1-8H2,(H,13,15). The predicted molar refractivity (Wildman–Crippen MR) is 64.3 cm³/mol. The minimum Gasteiger partial charge on any atom is -0.333 e. The van der Waals surface area contributed by atoms with E-state index in [0.717, 1.165) is 24.7 Å². The van der Waals surface area contributed by atoms with Crippen LogP contribution in [0.25, 0.3) is 0 Å². The van der Waals surface area contributed by atoms with Crippen molar-refractivity contribution < 1.29 is 4.79 Å². The Labute approximate surface area is 99.7 Å². The number of urea groups is 1. The fraction of sp³-hybridized carbons (Fsp3) is 0.909. The topological polar surface area (TPSA) is 32.3 Å². The molecule has 1 aliphatic carbocycles. The van der Waals surface area contributed by atoms with E-state index < -0.39 is 0 Å². The lowest BCUT2D eigenvalue weighted by Gasteiger charge is -2.29. The molecule has 1 heterocycles. The zero-order chi connectivity index (χ0) is 10.7. The first kappa shape index (κ1) is 11.2. The number of amides is 2. The van der Waals surface area contributed by atoms with Gasteiger partial charge in [-0.2, -0.15) is 0 Å². The predicted octanol–water partition coefficient (Wildman–Crippen LogP) is 2.50. The van der Waals surface area contributed by atoms with E-state index in [9.17, 15) is 4.79 Å². The number of alkyl halides is 1. The molecule has 0 radical (unpaired) electrons. The van der Waals surface area contributed by atoms with Crippen LogP contribution in [0, 0.1) is 0 Å². The molecule has 1 saturated heterocycles. The van der Waals surface area contributed by atoms with Gasteiger partial charge in [0, 0.05) is 11.9 Å². The van der Waals surface area contributed by atoms with Gasteiger partial charge in [-0.3, -0.25) is 0 Å². The molecule has 0 aromatic heterocycles. The first-order valence-electron chi connectivity index (χ1n) is 5.96. The summed E-state index contributed by atoms with van der Waals surface area (Å²) in [5, 5.41) is 4.15. The van der Waals surface area contributed by atoms with Gasteiger partial charge in [0.2, 0.25) is 0 Å². The van der Waals surface area contributed by atoms with Crippen LogP contribution < -0.4 is 5.32 Å². The second-order valence-corrected chi connectivity index (χ2v) is 5.29. The largest absolute Gasteiger partial charge is 0.333 e. The molecule has 2 fully saturated rings. The van der Waals surface area contributed by atoms with Gasteiger partial charge in [-0.1, -0.05) is 28.8 Å². The number of unbranched alkanes of at least 4 members (excludes halogenated alkanes) is 1.